The normalized spacial score (nSPS) is 15.3. The number of rotatable bonds is 8. The van der Waals surface area contributed by atoms with Gasteiger partial charge in [0.05, 0.1) is 26.1 Å². The Morgan fingerprint density at radius 3 is 2.29 bits per heavy atom. The predicted octanol–water partition coefficient (Wildman–Crippen LogP) is 3.42. The van der Waals surface area contributed by atoms with Crippen molar-refractivity contribution in [2.45, 2.75) is 12.5 Å². The van der Waals surface area contributed by atoms with Crippen molar-refractivity contribution in [1.29, 1.82) is 0 Å². The number of amides is 2. The average molecular weight is 495 g/mol. The van der Waals surface area contributed by atoms with Crippen molar-refractivity contribution in [2.75, 3.05) is 31.0 Å². The maximum atomic E-state index is 13.5. The monoisotopic (exact) mass is 494 g/mol. The molecule has 1 aromatic heterocycles. The third kappa shape index (κ3) is 5.22. The van der Waals surface area contributed by atoms with Gasteiger partial charge in [-0.1, -0.05) is 12.1 Å². The van der Waals surface area contributed by atoms with Crippen molar-refractivity contribution in [2.24, 2.45) is 0 Å². The van der Waals surface area contributed by atoms with Crippen LogP contribution < -0.4 is 19.7 Å². The quantitative estimate of drug-likeness (QED) is 0.380. The lowest BCUT2D eigenvalue weighted by Gasteiger charge is -2.23. The van der Waals surface area contributed by atoms with Crippen LogP contribution in [0.5, 0.6) is 11.5 Å². The van der Waals surface area contributed by atoms with E-state index in [4.69, 9.17) is 21.7 Å². The smallest absolute Gasteiger partial charge is 0.265 e. The highest BCUT2D eigenvalue weighted by Gasteiger charge is 2.47. The minimum Gasteiger partial charge on any atom is -0.497 e. The van der Waals surface area contributed by atoms with Crippen LogP contribution in [0.15, 0.2) is 66.9 Å². The topological polar surface area (TPSA) is 84.0 Å². The number of thiocarbonyl (C=S) groups is 1. The van der Waals surface area contributed by atoms with Gasteiger partial charge in [0.25, 0.3) is 11.8 Å². The van der Waals surface area contributed by atoms with Gasteiger partial charge in [0.1, 0.15) is 23.1 Å². The fraction of sp³-hybridized carbons (Fsp3) is 0.200. The maximum Gasteiger partial charge on any atom is 0.265 e. The summed E-state index contributed by atoms with van der Waals surface area (Å²) in [7, 11) is 3.10. The van der Waals surface area contributed by atoms with Crippen LogP contribution in [-0.2, 0) is 16.0 Å². The molecule has 35 heavy (non-hydrogen) atoms. The third-order valence-electron chi connectivity index (χ3n) is 5.56. The highest BCUT2D eigenvalue weighted by atomic mass is 32.1. The summed E-state index contributed by atoms with van der Waals surface area (Å²) in [6, 6.07) is 14.9. The molecule has 180 valence electrons. The van der Waals surface area contributed by atoms with Gasteiger partial charge in [-0.25, -0.2) is 9.37 Å². The maximum absolute atomic E-state index is 13.5. The van der Waals surface area contributed by atoms with Crippen molar-refractivity contribution in [3.05, 3.63) is 78.2 Å². The Morgan fingerprint density at radius 1 is 1.03 bits per heavy atom. The Bertz CT molecular complexity index is 1220. The number of hydrogen-bond acceptors (Lipinski definition) is 6. The zero-order valence-electron chi connectivity index (χ0n) is 19.1. The van der Waals surface area contributed by atoms with Gasteiger partial charge in [-0.2, -0.15) is 0 Å². The van der Waals surface area contributed by atoms with Crippen LogP contribution in [0.2, 0.25) is 0 Å². The molecule has 2 amide bonds. The molecular formula is C25H23FN4O4S. The summed E-state index contributed by atoms with van der Waals surface area (Å²) in [6.45, 7) is 0.308. The molecule has 1 aliphatic heterocycles. The molecule has 10 heteroatoms. The second kappa shape index (κ2) is 10.5. The van der Waals surface area contributed by atoms with E-state index in [-0.39, 0.29) is 10.9 Å². The second-order valence-corrected chi connectivity index (χ2v) is 8.06. The van der Waals surface area contributed by atoms with Crippen LogP contribution in [0.25, 0.3) is 0 Å². The number of carbonyl (C=O) groups excluding carboxylic acids is 2. The molecule has 0 radical (unpaired) electrons. The number of ether oxygens (including phenoxy) is 2. The second-order valence-electron chi connectivity index (χ2n) is 7.70. The van der Waals surface area contributed by atoms with E-state index in [0.717, 1.165) is 11.3 Å². The van der Waals surface area contributed by atoms with E-state index in [1.165, 1.54) is 42.5 Å². The lowest BCUT2D eigenvalue weighted by Crippen LogP contribution is -2.45. The molecule has 4 rings (SSSR count). The van der Waals surface area contributed by atoms with Crippen LogP contribution in [0.3, 0.4) is 0 Å². The molecule has 1 N–H and O–H groups in total. The van der Waals surface area contributed by atoms with Gasteiger partial charge in [-0.3, -0.25) is 14.5 Å². The highest BCUT2D eigenvalue weighted by molar-refractivity contribution is 7.80. The molecule has 3 aromatic rings. The number of aromatic nitrogens is 1. The number of nitrogens with zero attached hydrogens (tertiary/aromatic N) is 3. The predicted molar refractivity (Wildman–Crippen MR) is 133 cm³/mol. The first-order valence-electron chi connectivity index (χ1n) is 10.7. The first kappa shape index (κ1) is 24.1. The zero-order valence-corrected chi connectivity index (χ0v) is 19.9. The minimum absolute atomic E-state index is 0.165. The molecule has 2 heterocycles. The molecule has 8 nitrogen and oxygen atoms in total. The van der Waals surface area contributed by atoms with Gasteiger partial charge >= 0.3 is 0 Å². The molecule has 0 saturated carbocycles. The zero-order chi connectivity index (χ0) is 24.9. The average Bonchev–Trinajstić information content (AvgIpc) is 3.13. The summed E-state index contributed by atoms with van der Waals surface area (Å²) in [4.78, 5) is 33.6. The lowest BCUT2D eigenvalue weighted by atomic mass is 10.1. The Kier molecular flexibility index (Phi) is 7.21. The molecule has 0 aliphatic carbocycles. The molecular weight excluding hydrogens is 471 g/mol. The van der Waals surface area contributed by atoms with Crippen molar-refractivity contribution in [1.82, 2.24) is 9.88 Å². The fourth-order valence-electron chi connectivity index (χ4n) is 3.71. The SMILES string of the molecule is COc1ccc(CCN2C(=S)N(c3ccc(F)cc3)C(=O)C2C(=O)Nc2ccc(OC)cn2)cc1. The number of nitrogens with one attached hydrogen (secondary N) is 1. The third-order valence-corrected chi connectivity index (χ3v) is 5.98. The van der Waals surface area contributed by atoms with Gasteiger partial charge in [-0.15, -0.1) is 0 Å². The van der Waals surface area contributed by atoms with E-state index < -0.39 is 23.7 Å². The van der Waals surface area contributed by atoms with E-state index >= 15 is 0 Å². The van der Waals surface area contributed by atoms with Gasteiger partial charge in [0, 0.05) is 6.54 Å². The van der Waals surface area contributed by atoms with Crippen LogP contribution in [0.4, 0.5) is 15.9 Å². The molecule has 0 spiro atoms. The number of anilines is 2. The first-order chi connectivity index (χ1) is 16.9. The van der Waals surface area contributed by atoms with Crippen molar-refractivity contribution in [3.8, 4) is 11.5 Å². The van der Waals surface area contributed by atoms with E-state index in [1.54, 1.807) is 24.1 Å². The molecule has 1 atom stereocenters. The summed E-state index contributed by atoms with van der Waals surface area (Å²) in [5.74, 6) is -0.0128. The number of methoxy groups -OCH3 is 2. The molecule has 1 aliphatic rings. The number of halogens is 1. The Morgan fingerprint density at radius 2 is 1.69 bits per heavy atom. The van der Waals surface area contributed by atoms with Crippen molar-refractivity contribution >= 4 is 40.6 Å². The molecule has 1 fully saturated rings. The minimum atomic E-state index is -1.21. The number of hydrogen-bond donors (Lipinski definition) is 1. The highest BCUT2D eigenvalue weighted by Crippen LogP contribution is 2.27. The number of benzene rings is 2. The molecule has 1 saturated heterocycles. The van der Waals surface area contributed by atoms with Gasteiger partial charge in [0.15, 0.2) is 11.2 Å². The van der Waals surface area contributed by atoms with Crippen LogP contribution >= 0.6 is 12.2 Å². The first-order valence-corrected chi connectivity index (χ1v) is 11.2. The molecule has 0 bridgehead atoms. The van der Waals surface area contributed by atoms with Gasteiger partial charge in [-0.05, 0) is 72.7 Å². The summed E-state index contributed by atoms with van der Waals surface area (Å²) in [5.41, 5.74) is 1.37. The largest absolute Gasteiger partial charge is 0.497 e. The Hall–Kier alpha value is -4.05. The van der Waals surface area contributed by atoms with Gasteiger partial charge in [0.2, 0.25) is 0 Å². The molecule has 2 aromatic carbocycles. The van der Waals surface area contributed by atoms with E-state index in [1.807, 2.05) is 24.3 Å². The van der Waals surface area contributed by atoms with Crippen LogP contribution in [0.1, 0.15) is 5.56 Å². The summed E-state index contributed by atoms with van der Waals surface area (Å²) in [6.07, 6.45) is 1.99. The Labute approximate surface area is 207 Å². The molecule has 1 unspecified atom stereocenters. The van der Waals surface area contributed by atoms with Crippen LogP contribution in [0, 0.1) is 5.82 Å². The summed E-state index contributed by atoms with van der Waals surface area (Å²) >= 11 is 5.61. The van der Waals surface area contributed by atoms with Crippen molar-refractivity contribution in [3.63, 3.8) is 0 Å². The number of carbonyl (C=O) groups is 2. The fourth-order valence-corrected chi connectivity index (χ4v) is 4.10. The van der Waals surface area contributed by atoms with Crippen LogP contribution in [-0.4, -0.2) is 53.6 Å². The van der Waals surface area contributed by atoms with Crippen molar-refractivity contribution < 1.29 is 23.5 Å². The number of pyridine rings is 1. The van der Waals surface area contributed by atoms with E-state index in [0.29, 0.717) is 24.4 Å². The Balaban J connectivity index is 1.59. The van der Waals surface area contributed by atoms with E-state index in [9.17, 15) is 14.0 Å². The van der Waals surface area contributed by atoms with E-state index in [2.05, 4.69) is 10.3 Å². The summed E-state index contributed by atoms with van der Waals surface area (Å²) < 4.78 is 23.8. The lowest BCUT2D eigenvalue weighted by molar-refractivity contribution is -0.128. The standard InChI is InChI=1S/C25H23FN4O4S/c1-33-19-9-3-16(4-10-19)13-14-29-22(23(31)28-21-12-11-20(34-2)15-27-21)24(32)30(25(29)35)18-7-5-17(26)6-8-18/h3-12,15,22H,13-14H2,1-2H3,(H,27,28,31). The summed E-state index contributed by atoms with van der Waals surface area (Å²) in [5, 5.41) is 2.84. The van der Waals surface area contributed by atoms with Gasteiger partial charge < -0.3 is 19.7 Å².